The maximum Gasteiger partial charge on any atom is 0.193 e. The molecule has 0 aromatic heterocycles. The number of benzene rings is 2. The molecular weight excluding hydrogens is 443 g/mol. The molecule has 0 aliphatic carbocycles. The van der Waals surface area contributed by atoms with Gasteiger partial charge in [-0.2, -0.15) is 0 Å². The summed E-state index contributed by atoms with van der Waals surface area (Å²) < 4.78 is 46.2. The lowest BCUT2D eigenvalue weighted by molar-refractivity contribution is 0.0441. The molecule has 8 heteroatoms. The summed E-state index contributed by atoms with van der Waals surface area (Å²) in [4.78, 5) is 13.3. The Labute approximate surface area is 199 Å². The van der Waals surface area contributed by atoms with E-state index in [9.17, 15) is 9.18 Å². The molecule has 0 aliphatic heterocycles. The average molecular weight is 475 g/mol. The second kappa shape index (κ2) is 13.4. The van der Waals surface area contributed by atoms with E-state index in [1.165, 1.54) is 52.7 Å². The number of halogens is 1. The fourth-order valence-electron chi connectivity index (χ4n) is 3.12. The normalized spacial score (nSPS) is 10.8. The van der Waals surface area contributed by atoms with Crippen LogP contribution < -0.4 is 18.9 Å². The number of ketones is 1. The van der Waals surface area contributed by atoms with Crippen molar-refractivity contribution < 1.29 is 37.6 Å². The first kappa shape index (κ1) is 26.9. The Balaban J connectivity index is 2.60. The van der Waals surface area contributed by atoms with Crippen molar-refractivity contribution >= 4 is 11.9 Å². The van der Waals surface area contributed by atoms with Gasteiger partial charge in [0.1, 0.15) is 22.8 Å². The van der Waals surface area contributed by atoms with Crippen LogP contribution in [0.3, 0.4) is 0 Å². The summed E-state index contributed by atoms with van der Waals surface area (Å²) in [7, 11) is 5.83. The molecule has 2 aromatic carbocycles. The van der Waals surface area contributed by atoms with Gasteiger partial charge in [-0.05, 0) is 44.0 Å². The van der Waals surface area contributed by atoms with Crippen molar-refractivity contribution in [2.24, 2.45) is 0 Å². The fraction of sp³-hybridized carbons (Fsp3) is 0.346. The molecule has 2 rings (SSSR count). The maximum absolute atomic E-state index is 14.0. The van der Waals surface area contributed by atoms with E-state index in [4.69, 9.17) is 28.4 Å². The van der Waals surface area contributed by atoms with Crippen LogP contribution in [-0.4, -0.2) is 47.8 Å². The lowest BCUT2D eigenvalue weighted by atomic mass is 9.99. The van der Waals surface area contributed by atoms with Crippen molar-refractivity contribution in [3.05, 3.63) is 64.5 Å². The van der Waals surface area contributed by atoms with Crippen LogP contribution in [0.1, 0.15) is 35.3 Å². The number of hydrogen-bond donors (Lipinski definition) is 0. The molecule has 0 aliphatic rings. The van der Waals surface area contributed by atoms with Gasteiger partial charge in [0.2, 0.25) is 0 Å². The third-order valence-electron chi connectivity index (χ3n) is 4.74. The molecule has 34 heavy (non-hydrogen) atoms. The second-order valence-corrected chi connectivity index (χ2v) is 7.44. The predicted molar refractivity (Wildman–Crippen MR) is 127 cm³/mol. The van der Waals surface area contributed by atoms with E-state index >= 15 is 0 Å². The predicted octanol–water partition coefficient (Wildman–Crippen LogP) is 5.21. The van der Waals surface area contributed by atoms with Crippen LogP contribution in [0.4, 0.5) is 4.39 Å². The zero-order valence-electron chi connectivity index (χ0n) is 20.4. The monoisotopic (exact) mass is 474 g/mol. The van der Waals surface area contributed by atoms with Gasteiger partial charge in [0.05, 0.1) is 14.2 Å². The molecule has 2 aromatic rings. The van der Waals surface area contributed by atoms with Crippen molar-refractivity contribution in [3.63, 3.8) is 0 Å². The van der Waals surface area contributed by atoms with Crippen LogP contribution in [0.25, 0.3) is 6.08 Å². The first-order valence-corrected chi connectivity index (χ1v) is 10.5. The molecule has 0 spiro atoms. The van der Waals surface area contributed by atoms with E-state index < -0.39 is 11.6 Å². The Morgan fingerprint density at radius 1 is 0.912 bits per heavy atom. The molecule has 0 atom stereocenters. The molecular formula is C26H31FO7. The van der Waals surface area contributed by atoms with Crippen molar-refractivity contribution in [2.75, 3.05) is 42.0 Å². The van der Waals surface area contributed by atoms with Crippen LogP contribution in [0, 0.1) is 5.82 Å². The summed E-state index contributed by atoms with van der Waals surface area (Å²) in [6.07, 6.45) is 5.28. The number of allylic oxidation sites excluding steroid dienone is 3. The Kier molecular flexibility index (Phi) is 10.6. The number of ether oxygens (including phenoxy) is 6. The van der Waals surface area contributed by atoms with E-state index in [0.29, 0.717) is 23.3 Å². The molecule has 0 bridgehead atoms. The third-order valence-corrected chi connectivity index (χ3v) is 4.74. The minimum absolute atomic E-state index is 0.00488. The summed E-state index contributed by atoms with van der Waals surface area (Å²) in [5.41, 5.74) is 2.42. The number of rotatable bonds is 13. The zero-order chi connectivity index (χ0) is 25.1. The van der Waals surface area contributed by atoms with Gasteiger partial charge in [-0.3, -0.25) is 4.79 Å². The highest BCUT2D eigenvalue weighted by Crippen LogP contribution is 2.41. The van der Waals surface area contributed by atoms with Crippen molar-refractivity contribution in [1.29, 1.82) is 0 Å². The van der Waals surface area contributed by atoms with Crippen LogP contribution in [0.5, 0.6) is 23.0 Å². The van der Waals surface area contributed by atoms with Gasteiger partial charge >= 0.3 is 0 Å². The molecule has 0 amide bonds. The number of methoxy groups -OCH3 is 4. The molecule has 0 heterocycles. The number of carbonyl (C=O) groups is 1. The summed E-state index contributed by atoms with van der Waals surface area (Å²) >= 11 is 0. The summed E-state index contributed by atoms with van der Waals surface area (Å²) in [5, 5.41) is 0. The van der Waals surface area contributed by atoms with E-state index in [-0.39, 0.29) is 36.4 Å². The molecule has 0 N–H and O–H groups in total. The van der Waals surface area contributed by atoms with Crippen molar-refractivity contribution in [3.8, 4) is 23.0 Å². The average Bonchev–Trinajstić information content (AvgIpc) is 2.83. The van der Waals surface area contributed by atoms with E-state index in [1.807, 2.05) is 19.9 Å². The van der Waals surface area contributed by atoms with Crippen LogP contribution in [-0.2, 0) is 15.9 Å². The van der Waals surface area contributed by atoms with E-state index in [0.717, 1.165) is 5.57 Å². The molecule has 0 unspecified atom stereocenters. The maximum atomic E-state index is 14.0. The van der Waals surface area contributed by atoms with Gasteiger partial charge < -0.3 is 28.4 Å². The molecule has 184 valence electrons. The SMILES string of the molecule is COCOc1cc(OC)c(C(=O)C=Cc2ccc(OC)c(F)c2)c(OCOC)c1CC=C(C)C. The zero-order valence-corrected chi connectivity index (χ0v) is 20.4. The van der Waals surface area contributed by atoms with Gasteiger partial charge in [0.15, 0.2) is 30.9 Å². The lowest BCUT2D eigenvalue weighted by Crippen LogP contribution is -2.12. The van der Waals surface area contributed by atoms with Gasteiger partial charge in [0.25, 0.3) is 0 Å². The summed E-state index contributed by atoms with van der Waals surface area (Å²) in [6, 6.07) is 6.05. The minimum atomic E-state index is -0.526. The summed E-state index contributed by atoms with van der Waals surface area (Å²) in [6.45, 7) is 3.85. The smallest absolute Gasteiger partial charge is 0.193 e. The lowest BCUT2D eigenvalue weighted by Gasteiger charge is -2.20. The highest BCUT2D eigenvalue weighted by atomic mass is 19.1. The largest absolute Gasteiger partial charge is 0.496 e. The van der Waals surface area contributed by atoms with Gasteiger partial charge in [-0.1, -0.05) is 23.8 Å². The van der Waals surface area contributed by atoms with Gasteiger partial charge in [-0.15, -0.1) is 0 Å². The highest BCUT2D eigenvalue weighted by molar-refractivity contribution is 6.11. The van der Waals surface area contributed by atoms with Crippen molar-refractivity contribution in [1.82, 2.24) is 0 Å². The quantitative estimate of drug-likeness (QED) is 0.171. The molecule has 0 saturated carbocycles. The van der Waals surface area contributed by atoms with E-state index in [1.54, 1.807) is 12.1 Å². The van der Waals surface area contributed by atoms with Crippen LogP contribution >= 0.6 is 0 Å². The van der Waals surface area contributed by atoms with Crippen LogP contribution in [0.15, 0.2) is 42.0 Å². The standard InChI is InChI=1S/C26H31FO7/c1-17(2)7-10-19-23(33-15-29-3)14-24(32-6)25(26(19)34-16-30-4)21(28)11-8-18-9-12-22(31-5)20(27)13-18/h7-9,11-14H,10,15-16H2,1-6H3. The fourth-order valence-corrected chi connectivity index (χ4v) is 3.12. The third kappa shape index (κ3) is 7.07. The number of carbonyl (C=O) groups excluding carboxylic acids is 1. The first-order valence-electron chi connectivity index (χ1n) is 10.5. The Morgan fingerprint density at radius 2 is 1.59 bits per heavy atom. The molecule has 0 radical (unpaired) electrons. The number of hydrogen-bond acceptors (Lipinski definition) is 7. The Morgan fingerprint density at radius 3 is 2.18 bits per heavy atom. The highest BCUT2D eigenvalue weighted by Gasteiger charge is 2.25. The molecule has 0 saturated heterocycles. The molecule has 0 fully saturated rings. The van der Waals surface area contributed by atoms with Crippen LogP contribution in [0.2, 0.25) is 0 Å². The Hall–Kier alpha value is -3.36. The topological polar surface area (TPSA) is 72.5 Å². The minimum Gasteiger partial charge on any atom is -0.496 e. The second-order valence-electron chi connectivity index (χ2n) is 7.44. The van der Waals surface area contributed by atoms with E-state index in [2.05, 4.69) is 0 Å². The molecule has 7 nitrogen and oxygen atoms in total. The van der Waals surface area contributed by atoms with Crippen molar-refractivity contribution in [2.45, 2.75) is 20.3 Å². The van der Waals surface area contributed by atoms with Gasteiger partial charge in [-0.25, -0.2) is 4.39 Å². The summed E-state index contributed by atoms with van der Waals surface area (Å²) in [5.74, 6) is 0.198. The first-order chi connectivity index (χ1) is 16.4. The Bertz CT molecular complexity index is 1040. The van der Waals surface area contributed by atoms with Gasteiger partial charge in [0, 0.05) is 25.8 Å².